The van der Waals surface area contributed by atoms with Crippen molar-refractivity contribution in [2.75, 3.05) is 5.73 Å². The summed E-state index contributed by atoms with van der Waals surface area (Å²) < 4.78 is 2.32. The summed E-state index contributed by atoms with van der Waals surface area (Å²) in [5, 5.41) is 1.40. The fourth-order valence-electron chi connectivity index (χ4n) is 2.78. The minimum absolute atomic E-state index is 0.862. The lowest BCUT2D eigenvalue weighted by Crippen LogP contribution is -2.04. The van der Waals surface area contributed by atoms with Crippen LogP contribution in [-0.4, -0.2) is 4.57 Å². The van der Waals surface area contributed by atoms with Crippen molar-refractivity contribution in [1.29, 1.82) is 0 Å². The predicted molar refractivity (Wildman–Crippen MR) is 64.0 cm³/mol. The molecule has 0 spiro atoms. The van der Waals surface area contributed by atoms with Gasteiger partial charge in [-0.25, -0.2) is 0 Å². The lowest BCUT2D eigenvalue weighted by Gasteiger charge is -2.12. The van der Waals surface area contributed by atoms with E-state index in [1.165, 1.54) is 42.3 Å². The number of benzene rings is 1. The van der Waals surface area contributed by atoms with Crippen LogP contribution < -0.4 is 5.73 Å². The van der Waals surface area contributed by atoms with Gasteiger partial charge in [0.05, 0.1) is 5.52 Å². The van der Waals surface area contributed by atoms with Gasteiger partial charge < -0.3 is 10.3 Å². The first-order valence-electron chi connectivity index (χ1n) is 5.63. The van der Waals surface area contributed by atoms with Crippen LogP contribution in [0.2, 0.25) is 0 Å². The van der Waals surface area contributed by atoms with Gasteiger partial charge in [0.15, 0.2) is 0 Å². The second-order valence-corrected chi connectivity index (χ2v) is 4.47. The highest BCUT2D eigenvalue weighted by Crippen LogP contribution is 2.32. The molecule has 0 saturated carbocycles. The summed E-state index contributed by atoms with van der Waals surface area (Å²) >= 11 is 0. The van der Waals surface area contributed by atoms with E-state index in [9.17, 15) is 0 Å². The third-order valence-corrected chi connectivity index (χ3v) is 3.55. The highest BCUT2D eigenvalue weighted by atomic mass is 15.0. The molecule has 1 aliphatic carbocycles. The molecular formula is C13H16N2. The van der Waals surface area contributed by atoms with Crippen LogP contribution >= 0.6 is 0 Å². The molecular weight excluding hydrogens is 184 g/mol. The van der Waals surface area contributed by atoms with Crippen LogP contribution in [0.4, 0.5) is 5.69 Å². The van der Waals surface area contributed by atoms with E-state index < -0.39 is 0 Å². The molecule has 78 valence electrons. The van der Waals surface area contributed by atoms with E-state index in [0.29, 0.717) is 0 Å². The Hall–Kier alpha value is -1.44. The lowest BCUT2D eigenvalue weighted by atomic mass is 9.95. The molecule has 3 rings (SSSR count). The zero-order valence-corrected chi connectivity index (χ0v) is 9.09. The molecule has 0 aliphatic heterocycles. The van der Waals surface area contributed by atoms with Crippen molar-refractivity contribution >= 4 is 16.6 Å². The quantitative estimate of drug-likeness (QED) is 0.651. The van der Waals surface area contributed by atoms with Crippen molar-refractivity contribution in [3.8, 4) is 0 Å². The summed E-state index contributed by atoms with van der Waals surface area (Å²) in [5.74, 6) is 0. The Balaban J connectivity index is 2.38. The van der Waals surface area contributed by atoms with Crippen LogP contribution in [0.25, 0.3) is 10.9 Å². The summed E-state index contributed by atoms with van der Waals surface area (Å²) in [6, 6.07) is 6.28. The van der Waals surface area contributed by atoms with Crippen molar-refractivity contribution in [3.63, 3.8) is 0 Å². The highest BCUT2D eigenvalue weighted by Gasteiger charge is 2.17. The molecule has 0 fully saturated rings. The lowest BCUT2D eigenvalue weighted by molar-refractivity contribution is 0.653. The summed E-state index contributed by atoms with van der Waals surface area (Å²) in [7, 11) is 2.16. The van der Waals surface area contributed by atoms with Gasteiger partial charge in [0.25, 0.3) is 0 Å². The molecule has 0 bridgehead atoms. The largest absolute Gasteiger partial charge is 0.399 e. The third-order valence-electron chi connectivity index (χ3n) is 3.55. The topological polar surface area (TPSA) is 30.9 Å². The zero-order chi connectivity index (χ0) is 10.4. The molecule has 2 N–H and O–H groups in total. The maximum absolute atomic E-state index is 5.84. The average Bonchev–Trinajstić information content (AvgIpc) is 2.54. The summed E-state index contributed by atoms with van der Waals surface area (Å²) in [6.45, 7) is 0. The maximum Gasteiger partial charge on any atom is 0.0503 e. The number of hydrogen-bond acceptors (Lipinski definition) is 1. The normalized spacial score (nSPS) is 15.5. The number of aromatic nitrogens is 1. The van der Waals surface area contributed by atoms with Gasteiger partial charge >= 0.3 is 0 Å². The second-order valence-electron chi connectivity index (χ2n) is 4.47. The molecule has 15 heavy (non-hydrogen) atoms. The molecule has 1 aromatic heterocycles. The Kier molecular flexibility index (Phi) is 1.78. The van der Waals surface area contributed by atoms with Crippen LogP contribution in [0.15, 0.2) is 18.2 Å². The van der Waals surface area contributed by atoms with E-state index in [2.05, 4.69) is 23.7 Å². The van der Waals surface area contributed by atoms with E-state index in [1.807, 2.05) is 6.07 Å². The number of nitrogen functional groups attached to an aromatic ring is 1. The third kappa shape index (κ3) is 1.17. The highest BCUT2D eigenvalue weighted by molar-refractivity contribution is 5.88. The van der Waals surface area contributed by atoms with E-state index in [1.54, 1.807) is 5.56 Å². The monoisotopic (exact) mass is 200 g/mol. The maximum atomic E-state index is 5.84. The van der Waals surface area contributed by atoms with Crippen LogP contribution in [-0.2, 0) is 19.9 Å². The molecule has 0 atom stereocenters. The first-order valence-corrected chi connectivity index (χ1v) is 5.63. The Morgan fingerprint density at radius 1 is 1.20 bits per heavy atom. The van der Waals surface area contributed by atoms with Gasteiger partial charge in [0.2, 0.25) is 0 Å². The Morgan fingerprint density at radius 3 is 2.87 bits per heavy atom. The predicted octanol–water partition coefficient (Wildman–Crippen LogP) is 2.64. The fourth-order valence-corrected chi connectivity index (χ4v) is 2.78. The number of fused-ring (bicyclic) bond motifs is 3. The van der Waals surface area contributed by atoms with Crippen LogP contribution in [0.5, 0.6) is 0 Å². The van der Waals surface area contributed by atoms with E-state index >= 15 is 0 Å². The summed E-state index contributed by atoms with van der Waals surface area (Å²) in [6.07, 6.45) is 5.11. The van der Waals surface area contributed by atoms with Gasteiger partial charge in [-0.3, -0.25) is 0 Å². The Labute approximate surface area is 89.7 Å². The minimum atomic E-state index is 0.862. The Bertz CT molecular complexity index is 523. The van der Waals surface area contributed by atoms with E-state index in [-0.39, 0.29) is 0 Å². The average molecular weight is 200 g/mol. The van der Waals surface area contributed by atoms with Crippen LogP contribution in [0.1, 0.15) is 24.1 Å². The molecule has 1 aliphatic rings. The van der Waals surface area contributed by atoms with Crippen molar-refractivity contribution in [1.82, 2.24) is 4.57 Å². The number of aryl methyl sites for hydroxylation is 2. The molecule has 2 nitrogen and oxygen atoms in total. The van der Waals surface area contributed by atoms with Crippen LogP contribution in [0, 0.1) is 0 Å². The van der Waals surface area contributed by atoms with Crippen molar-refractivity contribution < 1.29 is 0 Å². The van der Waals surface area contributed by atoms with E-state index in [0.717, 1.165) is 5.69 Å². The number of nitrogens with two attached hydrogens (primary N) is 1. The van der Waals surface area contributed by atoms with Gasteiger partial charge in [0, 0.05) is 23.8 Å². The van der Waals surface area contributed by atoms with Gasteiger partial charge in [-0.1, -0.05) is 6.07 Å². The molecule has 1 heterocycles. The number of anilines is 1. The number of nitrogens with zero attached hydrogens (tertiary/aromatic N) is 1. The van der Waals surface area contributed by atoms with Gasteiger partial charge in [-0.2, -0.15) is 0 Å². The molecule has 2 aromatic rings. The SMILES string of the molecule is Cn1c2c(c3ccc(N)cc31)CCCC2. The first kappa shape index (κ1) is 8.84. The second kappa shape index (κ2) is 3.02. The van der Waals surface area contributed by atoms with Crippen LogP contribution in [0.3, 0.4) is 0 Å². The summed E-state index contributed by atoms with van der Waals surface area (Å²) in [4.78, 5) is 0. The van der Waals surface area contributed by atoms with Gasteiger partial charge in [-0.15, -0.1) is 0 Å². The molecule has 1 aromatic carbocycles. The molecule has 2 heteroatoms. The minimum Gasteiger partial charge on any atom is -0.399 e. The van der Waals surface area contributed by atoms with E-state index in [4.69, 9.17) is 5.73 Å². The molecule has 0 amide bonds. The smallest absolute Gasteiger partial charge is 0.0503 e. The number of hydrogen-bond donors (Lipinski definition) is 1. The van der Waals surface area contributed by atoms with Crippen molar-refractivity contribution in [2.24, 2.45) is 7.05 Å². The first-order chi connectivity index (χ1) is 7.27. The molecule has 0 unspecified atom stereocenters. The zero-order valence-electron chi connectivity index (χ0n) is 9.09. The van der Waals surface area contributed by atoms with Gasteiger partial charge in [0.1, 0.15) is 0 Å². The standard InChI is InChI=1S/C13H16N2/c1-15-12-5-3-2-4-10(12)11-7-6-9(14)8-13(11)15/h6-8H,2-5,14H2,1H3. The molecule has 0 radical (unpaired) electrons. The van der Waals surface area contributed by atoms with Crippen molar-refractivity contribution in [3.05, 3.63) is 29.5 Å². The Morgan fingerprint density at radius 2 is 2.00 bits per heavy atom. The summed E-state index contributed by atoms with van der Waals surface area (Å²) in [5.41, 5.74) is 11.1. The molecule has 0 saturated heterocycles. The van der Waals surface area contributed by atoms with Gasteiger partial charge in [-0.05, 0) is 43.4 Å². The fraction of sp³-hybridized carbons (Fsp3) is 0.385. The number of rotatable bonds is 0. The van der Waals surface area contributed by atoms with Crippen molar-refractivity contribution in [2.45, 2.75) is 25.7 Å².